The molecule has 2 aromatic heterocycles. The highest BCUT2D eigenvalue weighted by Crippen LogP contribution is 2.24. The first-order valence-electron chi connectivity index (χ1n) is 6.38. The van der Waals surface area contributed by atoms with Crippen LogP contribution >= 0.6 is 12.2 Å². The summed E-state index contributed by atoms with van der Waals surface area (Å²) in [7, 11) is 0. The molecule has 5 heteroatoms. The number of nitrogens with two attached hydrogens (primary N) is 1. The van der Waals surface area contributed by atoms with Gasteiger partial charge in [-0.25, -0.2) is 4.98 Å². The van der Waals surface area contributed by atoms with Crippen LogP contribution in [0.15, 0.2) is 18.2 Å². The maximum absolute atomic E-state index is 5.82. The van der Waals surface area contributed by atoms with E-state index < -0.39 is 0 Å². The van der Waals surface area contributed by atoms with Gasteiger partial charge in [-0.1, -0.05) is 12.2 Å². The largest absolute Gasteiger partial charge is 0.389 e. The first-order chi connectivity index (χ1) is 9.38. The lowest BCUT2D eigenvalue weighted by Gasteiger charge is -2.15. The molecule has 0 aliphatic heterocycles. The summed E-state index contributed by atoms with van der Waals surface area (Å²) in [6, 6.07) is 5.92. The van der Waals surface area contributed by atoms with Crippen molar-refractivity contribution in [2.24, 2.45) is 5.73 Å². The first-order valence-corrected chi connectivity index (χ1v) is 6.78. The van der Waals surface area contributed by atoms with Gasteiger partial charge in [0.05, 0.1) is 16.9 Å². The number of rotatable bonds is 3. The highest BCUT2D eigenvalue weighted by atomic mass is 32.1. The van der Waals surface area contributed by atoms with Crippen LogP contribution in [-0.2, 0) is 0 Å². The maximum Gasteiger partial charge on any atom is 0.141 e. The molecule has 0 aromatic carbocycles. The Bertz CT molecular complexity index is 680. The molecule has 2 aromatic rings. The smallest absolute Gasteiger partial charge is 0.141 e. The minimum absolute atomic E-state index is 0.343. The van der Waals surface area contributed by atoms with Crippen LogP contribution in [0.3, 0.4) is 0 Å². The van der Waals surface area contributed by atoms with Gasteiger partial charge in [-0.15, -0.1) is 0 Å². The molecule has 0 aliphatic carbocycles. The van der Waals surface area contributed by atoms with E-state index in [4.69, 9.17) is 18.0 Å². The van der Waals surface area contributed by atoms with Gasteiger partial charge in [-0.05, 0) is 51.5 Å². The van der Waals surface area contributed by atoms with Crippen LogP contribution in [0.4, 0.5) is 11.5 Å². The van der Waals surface area contributed by atoms with Crippen molar-refractivity contribution in [3.8, 4) is 0 Å². The normalized spacial score (nSPS) is 10.4. The summed E-state index contributed by atoms with van der Waals surface area (Å²) < 4.78 is 0. The lowest BCUT2D eigenvalue weighted by Crippen LogP contribution is -2.15. The predicted molar refractivity (Wildman–Crippen MR) is 86.6 cm³/mol. The molecule has 0 atom stereocenters. The van der Waals surface area contributed by atoms with E-state index >= 15 is 0 Å². The fourth-order valence-corrected chi connectivity index (χ4v) is 2.44. The zero-order valence-corrected chi connectivity index (χ0v) is 12.9. The van der Waals surface area contributed by atoms with E-state index in [1.807, 2.05) is 45.9 Å². The third-order valence-corrected chi connectivity index (χ3v) is 3.27. The molecule has 2 heterocycles. The second-order valence-electron chi connectivity index (χ2n) is 4.88. The van der Waals surface area contributed by atoms with Crippen molar-refractivity contribution in [1.82, 2.24) is 9.97 Å². The summed E-state index contributed by atoms with van der Waals surface area (Å²) in [6.45, 7) is 7.85. The average molecular weight is 286 g/mol. The molecule has 0 aliphatic rings. The molecule has 20 heavy (non-hydrogen) atoms. The van der Waals surface area contributed by atoms with Gasteiger partial charge in [0.15, 0.2) is 0 Å². The fourth-order valence-electron chi connectivity index (χ4n) is 2.18. The van der Waals surface area contributed by atoms with E-state index in [1.54, 1.807) is 0 Å². The highest BCUT2D eigenvalue weighted by Gasteiger charge is 2.12. The summed E-state index contributed by atoms with van der Waals surface area (Å²) in [4.78, 5) is 9.29. The van der Waals surface area contributed by atoms with Gasteiger partial charge in [0.1, 0.15) is 10.8 Å². The average Bonchev–Trinajstić information content (AvgIpc) is 2.31. The summed E-state index contributed by atoms with van der Waals surface area (Å²) in [5, 5.41) is 3.29. The van der Waals surface area contributed by atoms with Crippen LogP contribution in [0.5, 0.6) is 0 Å². The second-order valence-corrected chi connectivity index (χ2v) is 5.32. The lowest BCUT2D eigenvalue weighted by atomic mass is 10.1. The Morgan fingerprint density at radius 1 is 1.10 bits per heavy atom. The van der Waals surface area contributed by atoms with E-state index in [9.17, 15) is 0 Å². The summed E-state index contributed by atoms with van der Waals surface area (Å²) >= 11 is 5.13. The van der Waals surface area contributed by atoms with Crippen LogP contribution in [-0.4, -0.2) is 15.0 Å². The zero-order valence-electron chi connectivity index (χ0n) is 12.1. The number of hydrogen-bond donors (Lipinski definition) is 2. The summed E-state index contributed by atoms with van der Waals surface area (Å²) in [5.74, 6) is 0.684. The Morgan fingerprint density at radius 3 is 2.40 bits per heavy atom. The Hall–Kier alpha value is -2.01. The van der Waals surface area contributed by atoms with Crippen molar-refractivity contribution in [3.63, 3.8) is 0 Å². The molecule has 0 fully saturated rings. The van der Waals surface area contributed by atoms with Gasteiger partial charge in [0.2, 0.25) is 0 Å². The van der Waals surface area contributed by atoms with Gasteiger partial charge < -0.3 is 11.1 Å². The number of nitrogens with one attached hydrogen (secondary N) is 1. The van der Waals surface area contributed by atoms with Crippen molar-refractivity contribution in [1.29, 1.82) is 0 Å². The number of thiocarbonyl (C=S) groups is 1. The Kier molecular flexibility index (Phi) is 3.99. The molecule has 104 valence electrons. The molecule has 0 saturated heterocycles. The second kappa shape index (κ2) is 5.54. The number of nitrogens with zero attached hydrogens (tertiary/aromatic N) is 2. The van der Waals surface area contributed by atoms with Crippen LogP contribution in [0.2, 0.25) is 0 Å². The van der Waals surface area contributed by atoms with Gasteiger partial charge in [-0.3, -0.25) is 4.98 Å². The van der Waals surface area contributed by atoms with Gasteiger partial charge in [0.25, 0.3) is 0 Å². The SMILES string of the molecule is Cc1ccc(Nc2nc(C)cc(C)c2C(N)=S)c(C)n1. The van der Waals surface area contributed by atoms with Crippen molar-refractivity contribution in [2.45, 2.75) is 27.7 Å². The summed E-state index contributed by atoms with van der Waals surface area (Å²) in [5.41, 5.74) is 11.3. The van der Waals surface area contributed by atoms with Crippen molar-refractivity contribution < 1.29 is 0 Å². The Labute approximate surface area is 124 Å². The van der Waals surface area contributed by atoms with Gasteiger partial charge in [-0.2, -0.15) is 0 Å². The van der Waals surface area contributed by atoms with Crippen molar-refractivity contribution >= 4 is 28.7 Å². The number of aryl methyl sites for hydroxylation is 4. The minimum Gasteiger partial charge on any atom is -0.389 e. The van der Waals surface area contributed by atoms with E-state index in [1.165, 1.54) is 0 Å². The first kappa shape index (κ1) is 14.4. The standard InChI is InChI=1S/C15H18N4S/c1-8-7-10(3)18-15(13(8)14(16)20)19-12-6-5-9(2)17-11(12)4/h5-7H,1-4H3,(H2,16,20)(H,18,19). The molecule has 3 N–H and O–H groups in total. The third kappa shape index (κ3) is 2.93. The van der Waals surface area contributed by atoms with Gasteiger partial charge >= 0.3 is 0 Å². The van der Waals surface area contributed by atoms with Crippen LogP contribution in [0.25, 0.3) is 0 Å². The number of hydrogen-bond acceptors (Lipinski definition) is 4. The minimum atomic E-state index is 0.343. The van der Waals surface area contributed by atoms with E-state index in [2.05, 4.69) is 15.3 Å². The molecule has 0 amide bonds. The highest BCUT2D eigenvalue weighted by molar-refractivity contribution is 7.80. The van der Waals surface area contributed by atoms with Crippen molar-refractivity contribution in [2.75, 3.05) is 5.32 Å². The fraction of sp³-hybridized carbons (Fsp3) is 0.267. The van der Waals surface area contributed by atoms with Crippen molar-refractivity contribution in [3.05, 3.63) is 46.4 Å². The van der Waals surface area contributed by atoms with E-state index in [-0.39, 0.29) is 0 Å². The molecule has 0 saturated carbocycles. The predicted octanol–water partition coefficient (Wildman–Crippen LogP) is 3.09. The molecule has 0 spiro atoms. The summed E-state index contributed by atoms with van der Waals surface area (Å²) in [6.07, 6.45) is 0. The molecule has 4 nitrogen and oxygen atoms in total. The number of aromatic nitrogens is 2. The van der Waals surface area contributed by atoms with Crippen LogP contribution in [0, 0.1) is 27.7 Å². The topological polar surface area (TPSA) is 63.8 Å². The zero-order chi connectivity index (χ0) is 14.9. The molecule has 0 radical (unpaired) electrons. The molecule has 2 rings (SSSR count). The van der Waals surface area contributed by atoms with E-state index in [0.29, 0.717) is 10.8 Å². The molecular weight excluding hydrogens is 268 g/mol. The van der Waals surface area contributed by atoms with Crippen LogP contribution < -0.4 is 11.1 Å². The number of anilines is 2. The quantitative estimate of drug-likeness (QED) is 0.849. The monoisotopic (exact) mass is 286 g/mol. The number of pyridine rings is 2. The van der Waals surface area contributed by atoms with Crippen LogP contribution in [0.1, 0.15) is 28.2 Å². The molecule has 0 bridgehead atoms. The Balaban J connectivity index is 2.50. The lowest BCUT2D eigenvalue weighted by molar-refractivity contribution is 1.11. The van der Waals surface area contributed by atoms with E-state index in [0.717, 1.165) is 33.9 Å². The van der Waals surface area contributed by atoms with Gasteiger partial charge in [0, 0.05) is 11.4 Å². The Morgan fingerprint density at radius 2 is 1.80 bits per heavy atom. The molecule has 0 unspecified atom stereocenters. The third-order valence-electron chi connectivity index (χ3n) is 3.07. The molecular formula is C15H18N4S. The maximum atomic E-state index is 5.82.